The van der Waals surface area contributed by atoms with Crippen molar-refractivity contribution in [1.82, 2.24) is 9.62 Å². The molecule has 1 saturated heterocycles. The van der Waals surface area contributed by atoms with Crippen molar-refractivity contribution in [3.8, 4) is 0 Å². The van der Waals surface area contributed by atoms with Crippen LogP contribution in [0.3, 0.4) is 0 Å². The molecule has 3 aromatic rings. The number of halogens is 1. The molecule has 0 radical (unpaired) electrons. The highest BCUT2D eigenvalue weighted by molar-refractivity contribution is 7.99. The molecule has 0 aromatic heterocycles. The normalized spacial score (nSPS) is 19.2. The number of carbonyl (C=O) groups is 1. The van der Waals surface area contributed by atoms with Crippen molar-refractivity contribution in [2.75, 3.05) is 13.1 Å². The summed E-state index contributed by atoms with van der Waals surface area (Å²) < 4.78 is 28.9. The van der Waals surface area contributed by atoms with E-state index in [0.717, 1.165) is 23.3 Å². The second-order valence-electron chi connectivity index (χ2n) is 10.3. The molecule has 0 saturated carbocycles. The Labute approximate surface area is 236 Å². The van der Waals surface area contributed by atoms with Crippen molar-refractivity contribution in [1.29, 1.82) is 0 Å². The van der Waals surface area contributed by atoms with Crippen LogP contribution in [0.2, 0.25) is 5.02 Å². The summed E-state index contributed by atoms with van der Waals surface area (Å²) in [5, 5.41) is 3.75. The van der Waals surface area contributed by atoms with E-state index in [1.54, 1.807) is 22.5 Å². The molecule has 0 aliphatic carbocycles. The fourth-order valence-electron chi connectivity index (χ4n) is 5.00. The van der Waals surface area contributed by atoms with Crippen LogP contribution >= 0.6 is 23.4 Å². The maximum Gasteiger partial charge on any atom is 0.252 e. The minimum Gasteiger partial charge on any atom is -0.349 e. The predicted molar refractivity (Wildman–Crippen MR) is 155 cm³/mol. The number of sulfonamides is 1. The largest absolute Gasteiger partial charge is 0.349 e. The molecule has 1 amide bonds. The minimum absolute atomic E-state index is 0.0852. The zero-order valence-electron chi connectivity index (χ0n) is 22.1. The Hall–Kier alpha value is -2.32. The molecule has 1 aliphatic heterocycles. The Kier molecular flexibility index (Phi) is 9.58. The second kappa shape index (κ2) is 12.7. The number of piperidine rings is 1. The van der Waals surface area contributed by atoms with Gasteiger partial charge in [0.15, 0.2) is 0 Å². The molecule has 1 fully saturated rings. The highest BCUT2D eigenvalue weighted by Gasteiger charge is 2.32. The van der Waals surface area contributed by atoms with Crippen molar-refractivity contribution < 1.29 is 13.2 Å². The number of nitrogens with one attached hydrogen (secondary N) is 1. The van der Waals surface area contributed by atoms with Crippen LogP contribution in [-0.2, 0) is 16.4 Å². The Balaban J connectivity index is 1.67. The van der Waals surface area contributed by atoms with E-state index in [1.807, 2.05) is 55.5 Å². The molecule has 8 heteroatoms. The van der Waals surface area contributed by atoms with Crippen LogP contribution < -0.4 is 5.32 Å². The van der Waals surface area contributed by atoms with Crippen molar-refractivity contribution in [3.63, 3.8) is 0 Å². The number of nitrogens with zero attached hydrogens (tertiary/aromatic N) is 1. The lowest BCUT2D eigenvalue weighted by Crippen LogP contribution is -2.42. The van der Waals surface area contributed by atoms with Gasteiger partial charge in [-0.1, -0.05) is 80.5 Å². The van der Waals surface area contributed by atoms with E-state index >= 15 is 0 Å². The van der Waals surface area contributed by atoms with Gasteiger partial charge in [0.05, 0.1) is 10.5 Å². The molecule has 1 N–H and O–H groups in total. The van der Waals surface area contributed by atoms with E-state index < -0.39 is 10.0 Å². The Morgan fingerprint density at radius 1 is 1.03 bits per heavy atom. The molecule has 38 heavy (non-hydrogen) atoms. The summed E-state index contributed by atoms with van der Waals surface area (Å²) in [6, 6.07) is 22.2. The number of benzene rings is 3. The lowest BCUT2D eigenvalue weighted by molar-refractivity contribution is 0.0932. The van der Waals surface area contributed by atoms with Crippen molar-refractivity contribution in [2.24, 2.45) is 11.8 Å². The van der Waals surface area contributed by atoms with Gasteiger partial charge in [0.1, 0.15) is 0 Å². The highest BCUT2D eigenvalue weighted by atomic mass is 35.5. The van der Waals surface area contributed by atoms with Gasteiger partial charge in [-0.05, 0) is 73.1 Å². The number of hydrogen-bond donors (Lipinski definition) is 1. The van der Waals surface area contributed by atoms with E-state index in [1.165, 1.54) is 17.8 Å². The first-order valence-corrected chi connectivity index (χ1v) is 15.7. The third-order valence-corrected chi connectivity index (χ3v) is 9.97. The summed E-state index contributed by atoms with van der Waals surface area (Å²) >= 11 is 7.59. The minimum atomic E-state index is -3.74. The van der Waals surface area contributed by atoms with Crippen LogP contribution in [0.1, 0.15) is 49.5 Å². The first kappa shape index (κ1) is 28.7. The van der Waals surface area contributed by atoms with E-state index in [0.29, 0.717) is 35.0 Å². The van der Waals surface area contributed by atoms with Crippen LogP contribution in [0.25, 0.3) is 0 Å². The van der Waals surface area contributed by atoms with Crippen molar-refractivity contribution in [3.05, 3.63) is 88.9 Å². The lowest BCUT2D eigenvalue weighted by Gasteiger charge is -2.34. The quantitative estimate of drug-likeness (QED) is 0.303. The molecule has 1 heterocycles. The SMILES string of the molecule is CC[C@H](Cc1ccccc1)NC(=O)c1cc(S(=O)(=O)N2C[C@H](C)C[C@@H](C)C2)ccc1Sc1cccc(Cl)c1. The summed E-state index contributed by atoms with van der Waals surface area (Å²) in [6.07, 6.45) is 2.45. The van der Waals surface area contributed by atoms with Gasteiger partial charge in [-0.2, -0.15) is 4.31 Å². The van der Waals surface area contributed by atoms with E-state index in [-0.39, 0.29) is 28.7 Å². The smallest absolute Gasteiger partial charge is 0.252 e. The van der Waals surface area contributed by atoms with Gasteiger partial charge in [0, 0.05) is 33.9 Å². The molecular formula is C30H35ClN2O3S2. The number of hydrogen-bond acceptors (Lipinski definition) is 4. The number of carbonyl (C=O) groups excluding carboxylic acids is 1. The molecule has 202 valence electrons. The topological polar surface area (TPSA) is 66.5 Å². The summed E-state index contributed by atoms with van der Waals surface area (Å²) in [7, 11) is -3.74. The molecule has 5 nitrogen and oxygen atoms in total. The van der Waals surface area contributed by atoms with Crippen LogP contribution in [0.5, 0.6) is 0 Å². The van der Waals surface area contributed by atoms with E-state index in [4.69, 9.17) is 11.6 Å². The predicted octanol–water partition coefficient (Wildman–Crippen LogP) is 6.91. The fourth-order valence-corrected chi connectivity index (χ4v) is 7.95. The van der Waals surface area contributed by atoms with Gasteiger partial charge in [0.25, 0.3) is 5.91 Å². The Morgan fingerprint density at radius 3 is 2.39 bits per heavy atom. The third-order valence-electron chi connectivity index (χ3n) is 6.85. The standard InChI is InChI=1S/C30H35ClN2O3S2/c1-4-25(16-23-9-6-5-7-10-23)32-30(34)28-18-27(38(35,36)33-19-21(2)15-22(3)20-33)13-14-29(28)37-26-12-8-11-24(31)17-26/h5-14,17-18,21-22,25H,4,15-16,19-20H2,1-3H3,(H,32,34)/t21-,22-,25-/m1/s1. The Bertz CT molecular complexity index is 1350. The molecule has 1 aliphatic rings. The molecule has 4 rings (SSSR count). The first-order chi connectivity index (χ1) is 18.2. The average Bonchev–Trinajstić information content (AvgIpc) is 2.88. The molecule has 3 atom stereocenters. The molecular weight excluding hydrogens is 536 g/mol. The maximum absolute atomic E-state index is 13.7. The highest BCUT2D eigenvalue weighted by Crippen LogP contribution is 2.35. The van der Waals surface area contributed by atoms with E-state index in [2.05, 4.69) is 19.2 Å². The fraction of sp³-hybridized carbons (Fsp3) is 0.367. The zero-order valence-corrected chi connectivity index (χ0v) is 24.5. The van der Waals surface area contributed by atoms with Gasteiger partial charge in [-0.25, -0.2) is 8.42 Å². The zero-order chi connectivity index (χ0) is 27.3. The lowest BCUT2D eigenvalue weighted by atomic mass is 9.94. The van der Waals surface area contributed by atoms with Crippen LogP contribution in [0.15, 0.2) is 87.5 Å². The molecule has 0 spiro atoms. The van der Waals surface area contributed by atoms with Crippen LogP contribution in [-0.4, -0.2) is 37.8 Å². The summed E-state index contributed by atoms with van der Waals surface area (Å²) in [6.45, 7) is 7.18. The summed E-state index contributed by atoms with van der Waals surface area (Å²) in [5.41, 5.74) is 1.48. The van der Waals surface area contributed by atoms with Gasteiger partial charge < -0.3 is 5.32 Å². The summed E-state index contributed by atoms with van der Waals surface area (Å²) in [5.74, 6) is 0.296. The van der Waals surface area contributed by atoms with Crippen LogP contribution in [0, 0.1) is 11.8 Å². The van der Waals surface area contributed by atoms with E-state index in [9.17, 15) is 13.2 Å². The van der Waals surface area contributed by atoms with Gasteiger partial charge >= 0.3 is 0 Å². The monoisotopic (exact) mass is 570 g/mol. The van der Waals surface area contributed by atoms with Crippen LogP contribution in [0.4, 0.5) is 0 Å². The van der Waals surface area contributed by atoms with Crippen molar-refractivity contribution in [2.45, 2.75) is 60.8 Å². The summed E-state index contributed by atoms with van der Waals surface area (Å²) in [4.78, 5) is 15.4. The van der Waals surface area contributed by atoms with Gasteiger partial charge in [-0.15, -0.1) is 0 Å². The maximum atomic E-state index is 13.7. The first-order valence-electron chi connectivity index (χ1n) is 13.1. The third kappa shape index (κ3) is 7.20. The Morgan fingerprint density at radius 2 is 1.74 bits per heavy atom. The molecule has 3 aromatic carbocycles. The number of rotatable bonds is 9. The molecule has 0 unspecified atom stereocenters. The molecule has 0 bridgehead atoms. The average molecular weight is 571 g/mol. The number of amides is 1. The van der Waals surface area contributed by atoms with Gasteiger partial charge in [-0.3, -0.25) is 4.79 Å². The van der Waals surface area contributed by atoms with Gasteiger partial charge in [0.2, 0.25) is 10.0 Å². The van der Waals surface area contributed by atoms with Crippen molar-refractivity contribution >= 4 is 39.3 Å². The second-order valence-corrected chi connectivity index (χ2v) is 13.7.